The number of nitrogens with two attached hydrogens (primary N) is 2. The molecule has 0 spiro atoms. The number of primary amides is 1. The Bertz CT molecular complexity index is 1280. The molecule has 4 rings (SSSR count). The zero-order chi connectivity index (χ0) is 25.8. The first kappa shape index (κ1) is 25.1. The molecule has 36 heavy (non-hydrogen) atoms. The first-order valence-electron chi connectivity index (χ1n) is 11.1. The number of aromatic nitrogens is 1. The van der Waals surface area contributed by atoms with E-state index in [0.717, 1.165) is 23.8 Å². The zero-order valence-electron chi connectivity index (χ0n) is 19.0. The van der Waals surface area contributed by atoms with Gasteiger partial charge in [-0.15, -0.1) is 0 Å². The van der Waals surface area contributed by atoms with Crippen molar-refractivity contribution < 1.29 is 28.6 Å². The standard InChI is InChI=1S/C24H24FN5O5S/c25-14-3-1-4-15(11-14)30(24(34)21-18(26)19(22(27)32)29-36-21)20(13-6-8-16(31)9-7-13)23(33)28-12-17-5-2-10-35-17/h1,3-4,6-9,11,17,20,31H,2,5,10,12,26H2,(H2,27,32)(H,28,33). The Labute approximate surface area is 209 Å². The molecule has 6 N–H and O–H groups in total. The number of carbonyl (C=O) groups is 3. The molecule has 0 bridgehead atoms. The monoisotopic (exact) mass is 513 g/mol. The van der Waals surface area contributed by atoms with Crippen molar-refractivity contribution in [1.82, 2.24) is 9.69 Å². The van der Waals surface area contributed by atoms with E-state index in [1.807, 2.05) is 0 Å². The van der Waals surface area contributed by atoms with E-state index in [9.17, 15) is 23.9 Å². The highest BCUT2D eigenvalue weighted by atomic mass is 32.1. The van der Waals surface area contributed by atoms with Crippen molar-refractivity contribution in [3.8, 4) is 5.75 Å². The van der Waals surface area contributed by atoms with Gasteiger partial charge in [0, 0.05) is 18.8 Å². The van der Waals surface area contributed by atoms with Gasteiger partial charge in [-0.25, -0.2) is 4.39 Å². The summed E-state index contributed by atoms with van der Waals surface area (Å²) in [4.78, 5) is 40.0. The number of carbonyl (C=O) groups excluding carboxylic acids is 3. The molecule has 188 valence electrons. The fraction of sp³-hybridized carbons (Fsp3) is 0.250. The summed E-state index contributed by atoms with van der Waals surface area (Å²) in [6, 6.07) is 9.58. The summed E-state index contributed by atoms with van der Waals surface area (Å²) in [6.45, 7) is 0.815. The van der Waals surface area contributed by atoms with Crippen LogP contribution in [-0.2, 0) is 9.53 Å². The summed E-state index contributed by atoms with van der Waals surface area (Å²) in [5.41, 5.74) is 11.2. The molecule has 0 saturated carbocycles. The van der Waals surface area contributed by atoms with Crippen LogP contribution in [0.3, 0.4) is 0 Å². The van der Waals surface area contributed by atoms with Gasteiger partial charge in [-0.3, -0.25) is 19.3 Å². The normalized spacial score (nSPS) is 15.9. The minimum Gasteiger partial charge on any atom is -0.508 e. The minimum atomic E-state index is -1.29. The number of phenolic OH excluding ortho intramolecular Hbond substituents is 1. The number of rotatable bonds is 8. The Morgan fingerprint density at radius 3 is 2.61 bits per heavy atom. The Balaban J connectivity index is 1.80. The molecule has 10 nitrogen and oxygen atoms in total. The number of nitrogens with zero attached hydrogens (tertiary/aromatic N) is 2. The topological polar surface area (TPSA) is 161 Å². The number of nitrogen functional groups attached to an aromatic ring is 1. The molecule has 1 aromatic heterocycles. The molecule has 2 heterocycles. The average Bonchev–Trinajstić information content (AvgIpc) is 3.51. The summed E-state index contributed by atoms with van der Waals surface area (Å²) < 4.78 is 23.7. The predicted octanol–water partition coefficient (Wildman–Crippen LogP) is 2.35. The van der Waals surface area contributed by atoms with E-state index in [0.29, 0.717) is 23.7 Å². The quantitative estimate of drug-likeness (QED) is 0.359. The maximum absolute atomic E-state index is 14.3. The fourth-order valence-electron chi connectivity index (χ4n) is 3.94. The molecule has 12 heteroatoms. The summed E-state index contributed by atoms with van der Waals surface area (Å²) in [7, 11) is 0. The van der Waals surface area contributed by atoms with Gasteiger partial charge in [-0.05, 0) is 60.3 Å². The molecule has 1 saturated heterocycles. The number of amides is 3. The van der Waals surface area contributed by atoms with Crippen LogP contribution < -0.4 is 21.7 Å². The van der Waals surface area contributed by atoms with E-state index < -0.39 is 29.6 Å². The van der Waals surface area contributed by atoms with E-state index in [-0.39, 0.29) is 40.3 Å². The Morgan fingerprint density at radius 1 is 1.25 bits per heavy atom. The van der Waals surface area contributed by atoms with Gasteiger partial charge in [-0.1, -0.05) is 18.2 Å². The number of benzene rings is 2. The SMILES string of the molecule is NC(=O)c1nsc(C(=O)N(c2cccc(F)c2)C(C(=O)NCC2CCCO2)c2ccc(O)cc2)c1N. The summed E-state index contributed by atoms with van der Waals surface area (Å²) in [5, 5.41) is 12.6. The third-order valence-electron chi connectivity index (χ3n) is 5.70. The number of hydrogen-bond acceptors (Lipinski definition) is 8. The second-order valence-corrected chi connectivity index (χ2v) is 8.94. The van der Waals surface area contributed by atoms with Crippen molar-refractivity contribution in [2.75, 3.05) is 23.8 Å². The van der Waals surface area contributed by atoms with Crippen LogP contribution in [-0.4, -0.2) is 46.5 Å². The lowest BCUT2D eigenvalue weighted by Gasteiger charge is -2.31. The van der Waals surface area contributed by atoms with Crippen LogP contribution in [0.1, 0.15) is 44.6 Å². The Morgan fingerprint density at radius 2 is 2.00 bits per heavy atom. The van der Waals surface area contributed by atoms with Crippen molar-refractivity contribution in [3.63, 3.8) is 0 Å². The zero-order valence-corrected chi connectivity index (χ0v) is 19.8. The lowest BCUT2D eigenvalue weighted by Crippen LogP contribution is -2.45. The van der Waals surface area contributed by atoms with Gasteiger partial charge in [-0.2, -0.15) is 4.37 Å². The highest BCUT2D eigenvalue weighted by Crippen LogP contribution is 2.34. The minimum absolute atomic E-state index is 0.0429. The van der Waals surface area contributed by atoms with Gasteiger partial charge in [0.25, 0.3) is 11.8 Å². The number of aromatic hydroxyl groups is 1. The highest BCUT2D eigenvalue weighted by Gasteiger charge is 2.36. The maximum atomic E-state index is 14.3. The van der Waals surface area contributed by atoms with E-state index in [2.05, 4.69) is 9.69 Å². The van der Waals surface area contributed by atoms with Gasteiger partial charge in [0.1, 0.15) is 22.5 Å². The summed E-state index contributed by atoms with van der Waals surface area (Å²) in [6.07, 6.45) is 1.50. The molecule has 2 atom stereocenters. The number of phenols is 1. The van der Waals surface area contributed by atoms with Crippen molar-refractivity contribution in [1.29, 1.82) is 0 Å². The molecule has 3 aromatic rings. The molecular formula is C24H24FN5O5S. The molecular weight excluding hydrogens is 489 g/mol. The third-order valence-corrected chi connectivity index (χ3v) is 6.56. The molecule has 0 aliphatic carbocycles. The lowest BCUT2D eigenvalue weighted by molar-refractivity contribution is -0.123. The number of halogens is 1. The second-order valence-electron chi connectivity index (χ2n) is 8.17. The molecule has 1 fully saturated rings. The number of ether oxygens (including phenoxy) is 1. The fourth-order valence-corrected chi connectivity index (χ4v) is 4.68. The van der Waals surface area contributed by atoms with Gasteiger partial charge in [0.2, 0.25) is 5.91 Å². The van der Waals surface area contributed by atoms with Crippen LogP contribution in [0.4, 0.5) is 15.8 Å². The first-order chi connectivity index (χ1) is 17.3. The second kappa shape index (κ2) is 10.7. The van der Waals surface area contributed by atoms with Gasteiger partial charge >= 0.3 is 0 Å². The molecule has 3 amide bonds. The Hall–Kier alpha value is -4.03. The summed E-state index contributed by atoms with van der Waals surface area (Å²) >= 11 is 0.648. The molecule has 1 aliphatic rings. The number of anilines is 2. The van der Waals surface area contributed by atoms with Crippen LogP contribution in [0.2, 0.25) is 0 Å². The number of hydrogen-bond donors (Lipinski definition) is 4. The third kappa shape index (κ3) is 5.29. The van der Waals surface area contributed by atoms with E-state index in [1.165, 1.54) is 42.5 Å². The van der Waals surface area contributed by atoms with Gasteiger partial charge in [0.05, 0.1) is 11.8 Å². The lowest BCUT2D eigenvalue weighted by atomic mass is 10.0. The van der Waals surface area contributed by atoms with Crippen molar-refractivity contribution in [2.24, 2.45) is 5.73 Å². The molecule has 2 aromatic carbocycles. The van der Waals surface area contributed by atoms with E-state index in [4.69, 9.17) is 16.2 Å². The summed E-state index contributed by atoms with van der Waals surface area (Å²) in [5.74, 6) is -2.94. The smallest absolute Gasteiger partial charge is 0.273 e. The van der Waals surface area contributed by atoms with Crippen molar-refractivity contribution in [2.45, 2.75) is 25.0 Å². The van der Waals surface area contributed by atoms with Crippen molar-refractivity contribution >= 4 is 40.6 Å². The Kier molecular flexibility index (Phi) is 7.46. The highest BCUT2D eigenvalue weighted by molar-refractivity contribution is 7.09. The van der Waals surface area contributed by atoms with Gasteiger partial charge in [0.15, 0.2) is 5.69 Å². The first-order valence-corrected chi connectivity index (χ1v) is 11.9. The van der Waals surface area contributed by atoms with E-state index in [1.54, 1.807) is 0 Å². The van der Waals surface area contributed by atoms with Gasteiger partial charge < -0.3 is 26.6 Å². The molecule has 1 aliphatic heterocycles. The van der Waals surface area contributed by atoms with Crippen LogP contribution in [0.25, 0.3) is 0 Å². The predicted molar refractivity (Wildman–Crippen MR) is 131 cm³/mol. The van der Waals surface area contributed by atoms with Crippen LogP contribution in [0.5, 0.6) is 5.75 Å². The van der Waals surface area contributed by atoms with Crippen LogP contribution in [0, 0.1) is 5.82 Å². The molecule has 2 unspecified atom stereocenters. The van der Waals surface area contributed by atoms with Crippen LogP contribution >= 0.6 is 11.5 Å². The largest absolute Gasteiger partial charge is 0.508 e. The van der Waals surface area contributed by atoms with E-state index >= 15 is 0 Å². The number of nitrogens with one attached hydrogen (secondary N) is 1. The van der Waals surface area contributed by atoms with Crippen LogP contribution in [0.15, 0.2) is 48.5 Å². The average molecular weight is 514 g/mol. The van der Waals surface area contributed by atoms with Crippen molar-refractivity contribution in [3.05, 3.63) is 70.5 Å². The maximum Gasteiger partial charge on any atom is 0.273 e. The molecule has 0 radical (unpaired) electrons.